The molecule has 0 saturated carbocycles. The van der Waals surface area contributed by atoms with Gasteiger partial charge in [-0.15, -0.1) is 5.10 Å². The number of carbonyl (C=O) groups is 2. The number of aromatic nitrogens is 3. The van der Waals surface area contributed by atoms with Crippen molar-refractivity contribution in [2.75, 3.05) is 16.6 Å². The van der Waals surface area contributed by atoms with Gasteiger partial charge in [0, 0.05) is 0 Å². The molecule has 2 aliphatic rings. The van der Waals surface area contributed by atoms with E-state index < -0.39 is 22.0 Å². The second-order valence-electron chi connectivity index (χ2n) is 7.03. The molecule has 3 heterocycles. The molecule has 0 saturated heterocycles. The molecule has 1 unspecified atom stereocenters. The molecule has 2 aliphatic heterocycles. The number of hydrogen-bond acceptors (Lipinski definition) is 7. The normalized spacial score (nSPS) is 16.5. The van der Waals surface area contributed by atoms with Gasteiger partial charge in [-0.1, -0.05) is 18.2 Å². The number of amides is 2. The fraction of sp³-hybridized carbons (Fsp3) is 0.158. The molecule has 31 heavy (non-hydrogen) atoms. The Labute approximate surface area is 176 Å². The van der Waals surface area contributed by atoms with E-state index in [2.05, 4.69) is 25.4 Å². The van der Waals surface area contributed by atoms with Crippen LogP contribution in [0.25, 0.3) is 5.69 Å². The molecule has 1 atom stereocenters. The molecule has 2 aromatic carbocycles. The number of para-hydroxylation sites is 1. The van der Waals surface area contributed by atoms with E-state index in [4.69, 9.17) is 4.74 Å². The zero-order valence-electron chi connectivity index (χ0n) is 16.1. The van der Waals surface area contributed by atoms with Crippen molar-refractivity contribution >= 4 is 33.5 Å². The average Bonchev–Trinajstić information content (AvgIpc) is 3.16. The van der Waals surface area contributed by atoms with Gasteiger partial charge in [0.2, 0.25) is 11.8 Å². The Kier molecular flexibility index (Phi) is 4.18. The Bertz CT molecular complexity index is 1350. The summed E-state index contributed by atoms with van der Waals surface area (Å²) in [7, 11) is -3.80. The van der Waals surface area contributed by atoms with Crippen LogP contribution in [0.1, 0.15) is 29.1 Å². The molecule has 158 valence electrons. The fourth-order valence-corrected chi connectivity index (χ4v) is 4.56. The molecule has 0 aliphatic carbocycles. The van der Waals surface area contributed by atoms with Gasteiger partial charge in [0.25, 0.3) is 21.8 Å². The molecule has 3 N–H and O–H groups in total. The highest BCUT2D eigenvalue weighted by Gasteiger charge is 2.31. The van der Waals surface area contributed by atoms with Crippen LogP contribution in [0.2, 0.25) is 0 Å². The largest absolute Gasteiger partial charge is 0.482 e. The van der Waals surface area contributed by atoms with Crippen LogP contribution in [-0.4, -0.2) is 41.6 Å². The lowest BCUT2D eigenvalue weighted by atomic mass is 10.1. The molecule has 11 nitrogen and oxygen atoms in total. The molecule has 1 aromatic heterocycles. The number of carbonyl (C=O) groups excluding carboxylic acids is 2. The predicted molar refractivity (Wildman–Crippen MR) is 109 cm³/mol. The molecule has 0 spiro atoms. The molecule has 0 bridgehead atoms. The summed E-state index contributed by atoms with van der Waals surface area (Å²) in [6.45, 7) is 1.72. The number of ether oxygens (including phenoxy) is 1. The van der Waals surface area contributed by atoms with Gasteiger partial charge in [-0.3, -0.25) is 9.59 Å². The molecule has 5 rings (SSSR count). The zero-order valence-corrected chi connectivity index (χ0v) is 16.9. The third-order valence-electron chi connectivity index (χ3n) is 4.90. The van der Waals surface area contributed by atoms with Crippen molar-refractivity contribution in [3.05, 3.63) is 53.9 Å². The van der Waals surface area contributed by atoms with Gasteiger partial charge in [-0.05, 0) is 36.8 Å². The van der Waals surface area contributed by atoms with Gasteiger partial charge in [0.1, 0.15) is 10.6 Å². The zero-order chi connectivity index (χ0) is 21.8. The van der Waals surface area contributed by atoms with Crippen LogP contribution in [0.5, 0.6) is 5.75 Å². The highest BCUT2D eigenvalue weighted by Crippen LogP contribution is 2.31. The van der Waals surface area contributed by atoms with Crippen LogP contribution in [-0.2, 0) is 14.8 Å². The Morgan fingerprint density at radius 1 is 1.26 bits per heavy atom. The number of fused-ring (bicyclic) bond motifs is 4. The van der Waals surface area contributed by atoms with Gasteiger partial charge in [0.05, 0.1) is 17.4 Å². The molecule has 0 radical (unpaired) electrons. The van der Waals surface area contributed by atoms with Crippen LogP contribution >= 0.6 is 0 Å². The lowest BCUT2D eigenvalue weighted by Crippen LogP contribution is -2.28. The molecule has 3 aromatic rings. The number of rotatable bonds is 3. The van der Waals surface area contributed by atoms with E-state index in [-0.39, 0.29) is 29.2 Å². The number of anilines is 2. The van der Waals surface area contributed by atoms with Crippen molar-refractivity contribution in [1.82, 2.24) is 20.1 Å². The van der Waals surface area contributed by atoms with E-state index >= 15 is 0 Å². The number of hydrogen-bond donors (Lipinski definition) is 3. The first kappa shape index (κ1) is 19.1. The van der Waals surface area contributed by atoms with Crippen molar-refractivity contribution in [2.45, 2.75) is 17.9 Å². The first-order chi connectivity index (χ1) is 14.8. The van der Waals surface area contributed by atoms with E-state index in [0.29, 0.717) is 17.1 Å². The summed E-state index contributed by atoms with van der Waals surface area (Å²) < 4.78 is 33.7. The minimum Gasteiger partial charge on any atom is -0.482 e. The Morgan fingerprint density at radius 2 is 2.06 bits per heavy atom. The molecule has 0 fully saturated rings. The number of benzene rings is 2. The van der Waals surface area contributed by atoms with Crippen molar-refractivity contribution < 1.29 is 22.7 Å². The maximum atomic E-state index is 12.7. The summed E-state index contributed by atoms with van der Waals surface area (Å²) in [6.07, 6.45) is 0. The minimum atomic E-state index is -3.80. The van der Waals surface area contributed by atoms with Crippen molar-refractivity contribution in [1.29, 1.82) is 0 Å². The summed E-state index contributed by atoms with van der Waals surface area (Å²) in [5.74, 6) is -0.529. The van der Waals surface area contributed by atoms with E-state index in [1.54, 1.807) is 43.3 Å². The van der Waals surface area contributed by atoms with Crippen LogP contribution in [0.4, 0.5) is 11.6 Å². The van der Waals surface area contributed by atoms with Crippen molar-refractivity contribution in [3.8, 4) is 11.4 Å². The van der Waals surface area contributed by atoms with Gasteiger partial charge in [-0.2, -0.15) is 9.67 Å². The smallest absolute Gasteiger partial charge is 0.291 e. The maximum Gasteiger partial charge on any atom is 0.291 e. The van der Waals surface area contributed by atoms with Crippen LogP contribution in [0, 0.1) is 0 Å². The Morgan fingerprint density at radius 3 is 2.90 bits per heavy atom. The standard InChI is InChI=1S/C19H16N6O5S/c1-10(11-6-7-14-12(8-11)21-16(26)9-30-14)20-18(27)17-22-19-24-31(28,29)15-5-3-2-4-13(15)25(19)23-17/h2-8,10H,9H2,1H3,(H,20,27)(H,21,26)(H,22,23,24). The quantitative estimate of drug-likeness (QED) is 0.555. The van der Waals surface area contributed by atoms with Crippen LogP contribution < -0.4 is 20.1 Å². The summed E-state index contributed by atoms with van der Waals surface area (Å²) >= 11 is 0. The number of sulfonamides is 1. The molecular weight excluding hydrogens is 424 g/mol. The van der Waals surface area contributed by atoms with Crippen LogP contribution in [0.15, 0.2) is 47.4 Å². The third kappa shape index (κ3) is 3.26. The predicted octanol–water partition coefficient (Wildman–Crippen LogP) is 1.20. The monoisotopic (exact) mass is 440 g/mol. The first-order valence-electron chi connectivity index (χ1n) is 9.28. The van der Waals surface area contributed by atoms with Crippen molar-refractivity contribution in [3.63, 3.8) is 0 Å². The average molecular weight is 440 g/mol. The Hall–Kier alpha value is -3.93. The molecule has 12 heteroatoms. The highest BCUT2D eigenvalue weighted by atomic mass is 32.2. The molecular formula is C19H16N6O5S. The second kappa shape index (κ2) is 6.80. The van der Waals surface area contributed by atoms with Gasteiger partial charge < -0.3 is 15.4 Å². The lowest BCUT2D eigenvalue weighted by Gasteiger charge is -2.20. The number of nitrogens with zero attached hydrogens (tertiary/aromatic N) is 3. The first-order valence-corrected chi connectivity index (χ1v) is 10.8. The lowest BCUT2D eigenvalue weighted by molar-refractivity contribution is -0.118. The SMILES string of the molecule is CC(NC(=O)c1nc2n(n1)-c1ccccc1S(=O)(=O)N2)c1ccc2c(c1)NC(=O)CO2. The summed E-state index contributed by atoms with van der Waals surface area (Å²) in [4.78, 5) is 28.4. The summed E-state index contributed by atoms with van der Waals surface area (Å²) in [5.41, 5.74) is 1.56. The molecule has 2 amide bonds. The Balaban J connectivity index is 1.40. The van der Waals surface area contributed by atoms with Crippen LogP contribution in [0.3, 0.4) is 0 Å². The third-order valence-corrected chi connectivity index (χ3v) is 6.28. The van der Waals surface area contributed by atoms with E-state index in [1.807, 2.05) is 0 Å². The number of nitrogens with one attached hydrogen (secondary N) is 3. The van der Waals surface area contributed by atoms with Gasteiger partial charge in [0.15, 0.2) is 6.61 Å². The maximum absolute atomic E-state index is 12.7. The van der Waals surface area contributed by atoms with Crippen molar-refractivity contribution in [2.24, 2.45) is 0 Å². The fourth-order valence-electron chi connectivity index (χ4n) is 3.39. The second-order valence-corrected chi connectivity index (χ2v) is 8.68. The topological polar surface area (TPSA) is 144 Å². The van der Waals surface area contributed by atoms with E-state index in [9.17, 15) is 18.0 Å². The highest BCUT2D eigenvalue weighted by molar-refractivity contribution is 7.92. The summed E-state index contributed by atoms with van der Waals surface area (Å²) in [5, 5.41) is 9.67. The van der Waals surface area contributed by atoms with E-state index in [1.165, 1.54) is 10.7 Å². The van der Waals surface area contributed by atoms with Gasteiger partial charge >= 0.3 is 0 Å². The van der Waals surface area contributed by atoms with Gasteiger partial charge in [-0.25, -0.2) is 13.1 Å². The summed E-state index contributed by atoms with van der Waals surface area (Å²) in [6, 6.07) is 11.1. The minimum absolute atomic E-state index is 0.0395. The van der Waals surface area contributed by atoms with E-state index in [0.717, 1.165) is 5.56 Å².